The number of carbonyl (C=O) groups excluding carboxylic acids is 6. The Kier molecular flexibility index (Phi) is 8.33. The van der Waals surface area contributed by atoms with Gasteiger partial charge in [0.25, 0.3) is 5.91 Å². The number of carbonyl (C=O) groups is 6. The van der Waals surface area contributed by atoms with Crippen molar-refractivity contribution in [3.8, 4) is 5.75 Å². The van der Waals surface area contributed by atoms with Crippen LogP contribution < -0.4 is 10.1 Å². The Balaban J connectivity index is 1.18. The molecule has 4 heterocycles. The molecule has 1 unspecified atom stereocenters. The fraction of sp³-hybridized carbons (Fsp3) is 0.571. The number of ether oxygens (including phenoxy) is 4. The zero-order chi connectivity index (χ0) is 31.3. The van der Waals surface area contributed by atoms with E-state index in [9.17, 15) is 28.8 Å². The Labute approximate surface area is 256 Å². The first-order valence-electron chi connectivity index (χ1n) is 13.7. The predicted molar refractivity (Wildman–Crippen MR) is 153 cm³/mol. The minimum absolute atomic E-state index is 0.108. The predicted octanol–water partition coefficient (Wildman–Crippen LogP) is 1.04. The van der Waals surface area contributed by atoms with Gasteiger partial charge >= 0.3 is 17.9 Å². The van der Waals surface area contributed by atoms with Crippen molar-refractivity contribution in [1.29, 1.82) is 0 Å². The molecule has 4 aliphatic heterocycles. The lowest BCUT2D eigenvalue weighted by Gasteiger charge is -2.44. The number of para-hydroxylation sites is 1. The molecule has 0 saturated carbocycles. The number of esters is 3. The molecule has 4 aliphatic rings. The van der Waals surface area contributed by atoms with Crippen LogP contribution in [0.3, 0.4) is 0 Å². The molecule has 0 radical (unpaired) electrons. The Bertz CT molecular complexity index is 1340. The number of hydrogen-bond donors (Lipinski definition) is 1. The summed E-state index contributed by atoms with van der Waals surface area (Å²) in [6.45, 7) is 7.53. The molecule has 232 valence electrons. The molecule has 4 fully saturated rings. The Morgan fingerprint density at radius 2 is 1.65 bits per heavy atom. The van der Waals surface area contributed by atoms with Gasteiger partial charge in [0, 0.05) is 18.6 Å². The SMILES string of the molecule is CC(=O)OC[C@]1(C)S[C@H]2CC(=O)N2[C@H]1C(=O)OC(C)OC(=O)[C@@H]1N2C(=O)[C@@H](NC(=O)COc3ccccc3)[C@H]2SC1(C)C. The third-order valence-electron chi connectivity index (χ3n) is 7.65. The molecule has 4 saturated heterocycles. The lowest BCUT2D eigenvalue weighted by molar-refractivity contribution is -0.196. The lowest BCUT2D eigenvalue weighted by atomic mass is 9.96. The number of benzene rings is 1. The highest BCUT2D eigenvalue weighted by Gasteiger charge is 2.65. The highest BCUT2D eigenvalue weighted by molar-refractivity contribution is 8.02. The van der Waals surface area contributed by atoms with Crippen LogP contribution in [0.4, 0.5) is 0 Å². The smallest absolute Gasteiger partial charge is 0.333 e. The maximum Gasteiger partial charge on any atom is 0.333 e. The zero-order valence-electron chi connectivity index (χ0n) is 24.3. The molecule has 0 spiro atoms. The van der Waals surface area contributed by atoms with E-state index in [1.165, 1.54) is 47.2 Å². The van der Waals surface area contributed by atoms with Gasteiger partial charge in [0.05, 0.1) is 16.5 Å². The molecule has 0 bridgehead atoms. The van der Waals surface area contributed by atoms with Crippen molar-refractivity contribution in [3.63, 3.8) is 0 Å². The highest BCUT2D eigenvalue weighted by atomic mass is 32.2. The summed E-state index contributed by atoms with van der Waals surface area (Å²) in [7, 11) is 0. The van der Waals surface area contributed by atoms with Crippen LogP contribution in [0.15, 0.2) is 30.3 Å². The maximum absolute atomic E-state index is 13.3. The Morgan fingerprint density at radius 1 is 1.00 bits per heavy atom. The molecular formula is C28H33N3O10S2. The quantitative estimate of drug-likeness (QED) is 0.222. The van der Waals surface area contributed by atoms with E-state index in [1.54, 1.807) is 45.0 Å². The van der Waals surface area contributed by atoms with E-state index in [4.69, 9.17) is 18.9 Å². The summed E-state index contributed by atoms with van der Waals surface area (Å²) in [6, 6.07) is 5.92. The van der Waals surface area contributed by atoms with Crippen molar-refractivity contribution in [1.82, 2.24) is 15.1 Å². The zero-order valence-corrected chi connectivity index (χ0v) is 25.9. The fourth-order valence-electron chi connectivity index (χ4n) is 5.69. The molecule has 5 rings (SSSR count). The van der Waals surface area contributed by atoms with Gasteiger partial charge in [0.2, 0.25) is 18.1 Å². The van der Waals surface area contributed by atoms with Crippen LogP contribution in [0.5, 0.6) is 5.75 Å². The van der Waals surface area contributed by atoms with E-state index in [0.29, 0.717) is 5.75 Å². The monoisotopic (exact) mass is 635 g/mol. The van der Waals surface area contributed by atoms with E-state index in [0.717, 1.165) is 0 Å². The van der Waals surface area contributed by atoms with Crippen LogP contribution in [0, 0.1) is 0 Å². The number of β-lactam (4-membered cyclic amide) rings is 2. The summed E-state index contributed by atoms with van der Waals surface area (Å²) in [4.78, 5) is 78.6. The van der Waals surface area contributed by atoms with Crippen molar-refractivity contribution in [2.45, 2.75) is 85.7 Å². The van der Waals surface area contributed by atoms with E-state index >= 15 is 0 Å². The van der Waals surface area contributed by atoms with Crippen molar-refractivity contribution in [2.75, 3.05) is 13.2 Å². The lowest BCUT2D eigenvalue weighted by Crippen LogP contribution is -2.71. The second-order valence-corrected chi connectivity index (χ2v) is 14.9. The summed E-state index contributed by atoms with van der Waals surface area (Å²) < 4.78 is 19.9. The van der Waals surface area contributed by atoms with Crippen molar-refractivity contribution >= 4 is 59.2 Å². The van der Waals surface area contributed by atoms with E-state index in [2.05, 4.69) is 5.32 Å². The number of thioether (sulfide) groups is 2. The van der Waals surface area contributed by atoms with E-state index in [1.807, 2.05) is 6.07 Å². The molecule has 0 aromatic heterocycles. The van der Waals surface area contributed by atoms with E-state index < -0.39 is 69.0 Å². The molecule has 13 nitrogen and oxygen atoms in total. The third kappa shape index (κ3) is 5.88. The first-order chi connectivity index (χ1) is 20.2. The average molecular weight is 636 g/mol. The second-order valence-electron chi connectivity index (χ2n) is 11.4. The van der Waals surface area contributed by atoms with Gasteiger partial charge in [-0.2, -0.15) is 0 Å². The average Bonchev–Trinajstić information content (AvgIpc) is 3.34. The Hall–Kier alpha value is -3.46. The van der Waals surface area contributed by atoms with Crippen LogP contribution in [-0.2, 0) is 43.0 Å². The summed E-state index contributed by atoms with van der Waals surface area (Å²) in [5, 5.41) is 1.94. The summed E-state index contributed by atoms with van der Waals surface area (Å²) in [6.07, 6.45) is -1.07. The molecule has 43 heavy (non-hydrogen) atoms. The number of amides is 3. The van der Waals surface area contributed by atoms with Crippen LogP contribution in [0.25, 0.3) is 0 Å². The summed E-state index contributed by atoms with van der Waals surface area (Å²) in [5.41, 5.74) is 0. The second kappa shape index (κ2) is 11.6. The molecule has 15 heteroatoms. The van der Waals surface area contributed by atoms with Crippen LogP contribution in [0.2, 0.25) is 0 Å². The molecule has 7 atom stereocenters. The molecular weight excluding hydrogens is 602 g/mol. The first-order valence-corrected chi connectivity index (χ1v) is 15.5. The largest absolute Gasteiger partial charge is 0.484 e. The Morgan fingerprint density at radius 3 is 2.28 bits per heavy atom. The molecule has 1 aromatic rings. The molecule has 1 aromatic carbocycles. The summed E-state index contributed by atoms with van der Waals surface area (Å²) >= 11 is 2.71. The topological polar surface area (TPSA) is 158 Å². The highest BCUT2D eigenvalue weighted by Crippen LogP contribution is 2.52. The van der Waals surface area contributed by atoms with Crippen molar-refractivity contribution in [3.05, 3.63) is 30.3 Å². The van der Waals surface area contributed by atoms with Crippen molar-refractivity contribution < 1.29 is 47.7 Å². The van der Waals surface area contributed by atoms with Crippen LogP contribution in [-0.4, -0.2) is 103 Å². The van der Waals surface area contributed by atoms with Gasteiger partial charge in [-0.25, -0.2) is 9.59 Å². The number of rotatable bonds is 10. The van der Waals surface area contributed by atoms with Gasteiger partial charge < -0.3 is 34.1 Å². The molecule has 1 N–H and O–H groups in total. The minimum atomic E-state index is -1.33. The first kappa shape index (κ1) is 31.0. The van der Waals surface area contributed by atoms with E-state index in [-0.39, 0.29) is 30.9 Å². The van der Waals surface area contributed by atoms with Gasteiger partial charge in [0.1, 0.15) is 35.9 Å². The van der Waals surface area contributed by atoms with Gasteiger partial charge in [-0.1, -0.05) is 18.2 Å². The maximum atomic E-state index is 13.3. The van der Waals surface area contributed by atoms with Crippen LogP contribution in [0.1, 0.15) is 41.0 Å². The number of fused-ring (bicyclic) bond motifs is 2. The number of hydrogen-bond acceptors (Lipinski definition) is 12. The molecule has 3 amide bonds. The van der Waals surface area contributed by atoms with Gasteiger partial charge in [-0.3, -0.25) is 19.2 Å². The van der Waals surface area contributed by atoms with Crippen molar-refractivity contribution in [2.24, 2.45) is 0 Å². The molecule has 0 aliphatic carbocycles. The van der Waals surface area contributed by atoms with Gasteiger partial charge in [-0.15, -0.1) is 23.5 Å². The minimum Gasteiger partial charge on any atom is -0.484 e. The van der Waals surface area contributed by atoms with Gasteiger partial charge in [0.15, 0.2) is 6.61 Å². The summed E-state index contributed by atoms with van der Waals surface area (Å²) in [5.74, 6) is -2.70. The number of nitrogens with one attached hydrogen (secondary N) is 1. The normalized spacial score (nSPS) is 30.7. The standard InChI is InChI=1S/C28H33N3O10S2/c1-14(32)39-13-28(5)22(30-18(34)11-19(30)42-28)26(37)41-15(2)40-25(36)21-27(3,4)43-24-20(23(35)31(21)24)29-17(33)12-38-16-9-7-6-8-10-16/h6-10,15,19-22,24H,11-13H2,1-5H3,(H,29,33)/t15?,19-,20+,21-,22-,24+,28-/m0/s1. The number of nitrogens with zero attached hydrogens (tertiary/aromatic N) is 2. The van der Waals surface area contributed by atoms with Crippen LogP contribution >= 0.6 is 23.5 Å². The van der Waals surface area contributed by atoms with Gasteiger partial charge in [-0.05, 0) is 32.9 Å². The fourth-order valence-corrected chi connectivity index (χ4v) is 8.97. The third-order valence-corrected chi connectivity index (χ3v) is 10.8.